The van der Waals surface area contributed by atoms with Crippen LogP contribution in [0.4, 0.5) is 0 Å². The minimum atomic E-state index is -0.330. The first-order valence-corrected chi connectivity index (χ1v) is 8.89. The first-order chi connectivity index (χ1) is 12.2. The quantitative estimate of drug-likeness (QED) is 0.808. The lowest BCUT2D eigenvalue weighted by Crippen LogP contribution is -2.27. The summed E-state index contributed by atoms with van der Waals surface area (Å²) < 4.78 is 0. The Bertz CT molecular complexity index is 702. The average Bonchev–Trinajstić information content (AvgIpc) is 2.66. The van der Waals surface area contributed by atoms with Gasteiger partial charge >= 0.3 is 0 Å². The summed E-state index contributed by atoms with van der Waals surface area (Å²) in [5.41, 5.74) is 2.04. The van der Waals surface area contributed by atoms with Gasteiger partial charge in [0.25, 0.3) is 0 Å². The molecule has 6 nitrogen and oxygen atoms in total. The highest BCUT2D eigenvalue weighted by atomic mass is 32.2. The highest BCUT2D eigenvalue weighted by Crippen LogP contribution is 2.36. The predicted octanol–water partition coefficient (Wildman–Crippen LogP) is 2.29. The van der Waals surface area contributed by atoms with Crippen molar-refractivity contribution in [1.82, 2.24) is 0 Å². The lowest BCUT2D eigenvalue weighted by Gasteiger charge is -2.23. The molecule has 0 saturated carbocycles. The Morgan fingerprint density at radius 3 is 1.72 bits per heavy atom. The van der Waals surface area contributed by atoms with E-state index in [1.807, 2.05) is 24.3 Å². The van der Waals surface area contributed by atoms with Crippen LogP contribution in [0.2, 0.25) is 0 Å². The molecule has 2 unspecified atom stereocenters. The standard InChI is InChI=1S/C18H18O6S/c19-9-13-5-11-7-15(1-3-17(11)23-21-13)25-16-2-4-18-12(8-16)6-14(10-20)22-24-18/h1-4,7-8,13-14,19-20H,5-6,9-10H2. The maximum Gasteiger partial charge on any atom is 0.168 e. The normalized spacial score (nSPS) is 21.7. The number of aliphatic hydroxyl groups excluding tert-OH is 2. The molecule has 0 spiro atoms. The van der Waals surface area contributed by atoms with E-state index in [1.165, 1.54) is 0 Å². The Kier molecular flexibility index (Phi) is 4.82. The van der Waals surface area contributed by atoms with Crippen LogP contribution in [0.3, 0.4) is 0 Å². The Morgan fingerprint density at radius 1 is 0.800 bits per heavy atom. The molecule has 2 aliphatic heterocycles. The van der Waals surface area contributed by atoms with E-state index >= 15 is 0 Å². The number of aliphatic hydroxyl groups is 2. The van der Waals surface area contributed by atoms with Crippen molar-refractivity contribution in [3.63, 3.8) is 0 Å². The van der Waals surface area contributed by atoms with E-state index in [0.29, 0.717) is 24.3 Å². The topological polar surface area (TPSA) is 77.4 Å². The largest absolute Gasteiger partial charge is 0.393 e. The fraction of sp³-hybridized carbons (Fsp3) is 0.333. The first-order valence-electron chi connectivity index (χ1n) is 8.07. The third-order valence-corrected chi connectivity index (χ3v) is 5.13. The van der Waals surface area contributed by atoms with Gasteiger partial charge in [-0.05, 0) is 36.4 Å². The molecular formula is C18H18O6S. The second-order valence-electron chi connectivity index (χ2n) is 6.02. The van der Waals surface area contributed by atoms with Gasteiger partial charge in [-0.15, -0.1) is 0 Å². The molecule has 0 aliphatic carbocycles. The minimum Gasteiger partial charge on any atom is -0.393 e. The van der Waals surface area contributed by atoms with Crippen molar-refractivity contribution < 1.29 is 29.8 Å². The van der Waals surface area contributed by atoms with Crippen LogP contribution in [0, 0.1) is 0 Å². The summed E-state index contributed by atoms with van der Waals surface area (Å²) in [6.45, 7) is -0.147. The van der Waals surface area contributed by atoms with Gasteiger partial charge in [0.05, 0.1) is 13.2 Å². The maximum atomic E-state index is 9.23. The van der Waals surface area contributed by atoms with Gasteiger partial charge < -0.3 is 20.0 Å². The van der Waals surface area contributed by atoms with Crippen LogP contribution < -0.4 is 9.78 Å². The Hall–Kier alpha value is -1.77. The molecule has 2 aromatic rings. The third kappa shape index (κ3) is 3.61. The van der Waals surface area contributed by atoms with Crippen LogP contribution in [0.25, 0.3) is 0 Å². The van der Waals surface area contributed by atoms with Gasteiger partial charge in [0.15, 0.2) is 11.5 Å². The van der Waals surface area contributed by atoms with Crippen molar-refractivity contribution in [2.24, 2.45) is 0 Å². The van der Waals surface area contributed by atoms with Crippen molar-refractivity contribution in [2.75, 3.05) is 13.2 Å². The van der Waals surface area contributed by atoms with Gasteiger partial charge in [-0.1, -0.05) is 11.8 Å². The second kappa shape index (κ2) is 7.23. The fourth-order valence-electron chi connectivity index (χ4n) is 2.84. The van der Waals surface area contributed by atoms with E-state index in [4.69, 9.17) is 19.6 Å². The maximum absolute atomic E-state index is 9.23. The van der Waals surface area contributed by atoms with Crippen LogP contribution in [-0.2, 0) is 22.6 Å². The van der Waals surface area contributed by atoms with Gasteiger partial charge in [-0.2, -0.15) is 9.78 Å². The number of hydrogen-bond donors (Lipinski definition) is 2. The summed E-state index contributed by atoms with van der Waals surface area (Å²) in [6.07, 6.45) is 0.579. The van der Waals surface area contributed by atoms with Gasteiger partial charge in [-0.25, -0.2) is 0 Å². The molecule has 0 saturated heterocycles. The summed E-state index contributed by atoms with van der Waals surface area (Å²) in [7, 11) is 0. The molecular weight excluding hydrogens is 344 g/mol. The van der Waals surface area contributed by atoms with Crippen LogP contribution >= 0.6 is 11.8 Å². The van der Waals surface area contributed by atoms with Gasteiger partial charge in [0, 0.05) is 33.8 Å². The Labute approximate surface area is 149 Å². The molecule has 2 heterocycles. The molecule has 2 N–H and O–H groups in total. The van der Waals surface area contributed by atoms with E-state index < -0.39 is 0 Å². The predicted molar refractivity (Wildman–Crippen MR) is 89.6 cm³/mol. The zero-order valence-corrected chi connectivity index (χ0v) is 14.2. The first kappa shape index (κ1) is 16.7. The lowest BCUT2D eigenvalue weighted by molar-refractivity contribution is -0.261. The van der Waals surface area contributed by atoms with E-state index in [0.717, 1.165) is 20.9 Å². The Balaban J connectivity index is 1.53. The summed E-state index contributed by atoms with van der Waals surface area (Å²) in [5, 5.41) is 18.5. The SMILES string of the molecule is OCC1Cc2cc(Sc3ccc4c(c3)CC(CO)OO4)ccc2OO1. The van der Waals surface area contributed by atoms with Crippen LogP contribution in [0.5, 0.6) is 11.5 Å². The van der Waals surface area contributed by atoms with Crippen molar-refractivity contribution in [1.29, 1.82) is 0 Å². The molecule has 0 aromatic heterocycles. The van der Waals surface area contributed by atoms with Crippen LogP contribution in [-0.4, -0.2) is 35.6 Å². The average molecular weight is 362 g/mol. The Morgan fingerprint density at radius 2 is 1.28 bits per heavy atom. The zero-order valence-electron chi connectivity index (χ0n) is 13.4. The molecule has 0 bridgehead atoms. The second-order valence-corrected chi connectivity index (χ2v) is 7.16. The molecule has 0 radical (unpaired) electrons. The summed E-state index contributed by atoms with van der Waals surface area (Å²) >= 11 is 1.63. The third-order valence-electron chi connectivity index (χ3n) is 4.15. The zero-order chi connectivity index (χ0) is 17.2. The van der Waals surface area contributed by atoms with E-state index in [1.54, 1.807) is 11.8 Å². The molecule has 2 aromatic carbocycles. The molecule has 7 heteroatoms. The molecule has 132 valence electrons. The monoisotopic (exact) mass is 362 g/mol. The summed E-state index contributed by atoms with van der Waals surface area (Å²) in [6, 6.07) is 11.8. The van der Waals surface area contributed by atoms with E-state index in [9.17, 15) is 10.2 Å². The van der Waals surface area contributed by atoms with Crippen molar-refractivity contribution in [3.05, 3.63) is 47.5 Å². The molecule has 2 atom stereocenters. The van der Waals surface area contributed by atoms with Gasteiger partial charge in [0.2, 0.25) is 0 Å². The molecule has 0 fully saturated rings. The van der Waals surface area contributed by atoms with Crippen LogP contribution in [0.1, 0.15) is 11.1 Å². The van der Waals surface area contributed by atoms with E-state index in [2.05, 4.69) is 12.1 Å². The van der Waals surface area contributed by atoms with Crippen molar-refractivity contribution in [3.8, 4) is 11.5 Å². The number of hydrogen-bond acceptors (Lipinski definition) is 7. The summed E-state index contributed by atoms with van der Waals surface area (Å²) in [4.78, 5) is 22.8. The molecule has 25 heavy (non-hydrogen) atoms. The smallest absolute Gasteiger partial charge is 0.168 e. The molecule has 2 aliphatic rings. The van der Waals surface area contributed by atoms with Crippen molar-refractivity contribution >= 4 is 11.8 Å². The van der Waals surface area contributed by atoms with E-state index in [-0.39, 0.29) is 25.4 Å². The summed E-state index contributed by atoms with van der Waals surface area (Å²) in [5.74, 6) is 1.38. The number of rotatable bonds is 4. The van der Waals surface area contributed by atoms with Gasteiger partial charge in [-0.3, -0.25) is 0 Å². The molecule has 0 amide bonds. The molecule has 4 rings (SSSR count). The highest BCUT2D eigenvalue weighted by Gasteiger charge is 2.23. The fourth-order valence-corrected chi connectivity index (χ4v) is 3.79. The number of fused-ring (bicyclic) bond motifs is 2. The highest BCUT2D eigenvalue weighted by molar-refractivity contribution is 7.99. The lowest BCUT2D eigenvalue weighted by atomic mass is 10.1. The van der Waals surface area contributed by atoms with Gasteiger partial charge in [0.1, 0.15) is 12.2 Å². The number of benzene rings is 2. The van der Waals surface area contributed by atoms with Crippen LogP contribution in [0.15, 0.2) is 46.2 Å². The minimum absolute atomic E-state index is 0.0737. The van der Waals surface area contributed by atoms with Crippen molar-refractivity contribution in [2.45, 2.75) is 34.8 Å².